The van der Waals surface area contributed by atoms with Crippen LogP contribution in [0, 0.1) is 17.0 Å². The second-order valence-corrected chi connectivity index (χ2v) is 2.83. The summed E-state index contributed by atoms with van der Waals surface area (Å²) in [6.45, 7) is 1.58. The van der Waals surface area contributed by atoms with Crippen molar-refractivity contribution in [1.29, 1.82) is 0 Å². The Morgan fingerprint density at radius 3 is 2.40 bits per heavy atom. The van der Waals surface area contributed by atoms with E-state index in [0.29, 0.717) is 5.56 Å². The monoisotopic (exact) mass is 251 g/mol. The molecular weight excluding hydrogens is 242 g/mol. The summed E-state index contributed by atoms with van der Waals surface area (Å²) in [5.74, 6) is -0.724. The molecule has 4 N–H and O–H groups in total. The Morgan fingerprint density at radius 1 is 1.47 bits per heavy atom. The third-order valence-corrected chi connectivity index (χ3v) is 1.91. The van der Waals surface area contributed by atoms with Crippen molar-refractivity contribution < 1.29 is 26.8 Å². The molecule has 1 amide bonds. The van der Waals surface area contributed by atoms with Crippen molar-refractivity contribution in [3.05, 3.63) is 33.4 Å². The molecule has 0 spiro atoms. The molecule has 0 heterocycles. The van der Waals surface area contributed by atoms with Crippen LogP contribution in [0.15, 0.2) is 12.1 Å². The number of nitrogens with zero attached hydrogens (tertiary/aromatic N) is 1. The maximum Gasteiger partial charge on any atom is 2.00 e. The Balaban J connectivity index is 0.00000196. The summed E-state index contributed by atoms with van der Waals surface area (Å²) in [5, 5.41) is 10.4. The van der Waals surface area contributed by atoms with Crippen LogP contribution < -0.4 is 11.5 Å². The molecule has 0 saturated carbocycles. The van der Waals surface area contributed by atoms with Gasteiger partial charge in [-0.15, -0.1) is 0 Å². The van der Waals surface area contributed by atoms with Gasteiger partial charge in [0.05, 0.1) is 10.5 Å². The molecule has 6 nitrogen and oxygen atoms in total. The minimum atomic E-state index is -0.724. The van der Waals surface area contributed by atoms with E-state index in [1.54, 1.807) is 6.92 Å². The van der Waals surface area contributed by atoms with E-state index in [9.17, 15) is 14.9 Å². The molecule has 0 saturated heterocycles. The number of nitrogen functional groups attached to an aromatic ring is 1. The molecule has 1 aromatic carbocycles. The van der Waals surface area contributed by atoms with Crippen molar-refractivity contribution in [2.24, 2.45) is 5.73 Å². The molecule has 0 atom stereocenters. The van der Waals surface area contributed by atoms with Crippen LogP contribution in [-0.2, 0) is 17.1 Å². The molecule has 7 heteroatoms. The quantitative estimate of drug-likeness (QED) is 0.346. The number of hydrogen-bond donors (Lipinski definition) is 2. The Labute approximate surface area is 96.3 Å². The van der Waals surface area contributed by atoms with Gasteiger partial charge in [0.15, 0.2) is 0 Å². The summed E-state index contributed by atoms with van der Waals surface area (Å²) in [7, 11) is 0. The molecule has 1 rings (SSSR count). The number of nitrogens with two attached hydrogens (primary N) is 2. The third kappa shape index (κ3) is 2.68. The van der Waals surface area contributed by atoms with Crippen molar-refractivity contribution in [3.63, 3.8) is 0 Å². The van der Waals surface area contributed by atoms with Crippen LogP contribution in [0.4, 0.5) is 11.4 Å². The van der Waals surface area contributed by atoms with Gasteiger partial charge < -0.3 is 11.5 Å². The molecular formula is C8H9FeN3O3+2. The standard InChI is InChI=1S/C8H9N3O3.Fe/c1-4-6(8(10)12)2-5(11(13)14)3-7(4)9;/h2-3H,9H2,1H3,(H2,10,12);/q;+2. The maximum atomic E-state index is 10.9. The number of carbonyl (C=O) groups excluding carboxylic acids is 1. The third-order valence-electron chi connectivity index (χ3n) is 1.91. The average Bonchev–Trinajstić information content (AvgIpc) is 2.08. The van der Waals surface area contributed by atoms with Crippen LogP contribution >= 0.6 is 0 Å². The molecule has 0 radical (unpaired) electrons. The first-order valence-corrected chi connectivity index (χ1v) is 3.77. The fourth-order valence-corrected chi connectivity index (χ4v) is 1.08. The van der Waals surface area contributed by atoms with Crippen molar-refractivity contribution in [1.82, 2.24) is 0 Å². The normalized spacial score (nSPS) is 9.13. The zero-order valence-electron chi connectivity index (χ0n) is 7.83. The van der Waals surface area contributed by atoms with Crippen LogP contribution in [0.25, 0.3) is 0 Å². The van der Waals surface area contributed by atoms with Gasteiger partial charge in [0.1, 0.15) is 0 Å². The van der Waals surface area contributed by atoms with Crippen LogP contribution in [0.5, 0.6) is 0 Å². The van der Waals surface area contributed by atoms with Crippen molar-refractivity contribution in [2.75, 3.05) is 5.73 Å². The van der Waals surface area contributed by atoms with Crippen LogP contribution in [0.2, 0.25) is 0 Å². The van der Waals surface area contributed by atoms with E-state index in [1.807, 2.05) is 0 Å². The number of benzene rings is 1. The molecule has 0 aromatic heterocycles. The Hall–Kier alpha value is -1.59. The number of carbonyl (C=O) groups is 1. The largest absolute Gasteiger partial charge is 2.00 e. The van der Waals surface area contributed by atoms with Gasteiger partial charge in [-0.3, -0.25) is 14.9 Å². The Bertz CT molecular complexity index is 420. The van der Waals surface area contributed by atoms with Crippen LogP contribution in [-0.4, -0.2) is 10.8 Å². The van der Waals surface area contributed by atoms with Gasteiger partial charge in [0.2, 0.25) is 5.91 Å². The Morgan fingerprint density at radius 2 is 2.00 bits per heavy atom. The number of nitro benzene ring substituents is 1. The van der Waals surface area contributed by atoms with Crippen LogP contribution in [0.3, 0.4) is 0 Å². The number of anilines is 1. The predicted octanol–water partition coefficient (Wildman–Crippen LogP) is 0.582. The average molecular weight is 251 g/mol. The number of rotatable bonds is 2. The summed E-state index contributed by atoms with van der Waals surface area (Å²) in [6, 6.07) is 2.32. The van der Waals surface area contributed by atoms with Gasteiger partial charge in [-0.1, -0.05) is 0 Å². The van der Waals surface area contributed by atoms with Crippen molar-refractivity contribution in [3.8, 4) is 0 Å². The summed E-state index contributed by atoms with van der Waals surface area (Å²) < 4.78 is 0. The smallest absolute Gasteiger partial charge is 0.398 e. The molecule has 80 valence electrons. The van der Waals surface area contributed by atoms with Crippen molar-refractivity contribution in [2.45, 2.75) is 6.92 Å². The van der Waals surface area contributed by atoms with Crippen LogP contribution in [0.1, 0.15) is 15.9 Å². The molecule has 1 aromatic rings. The van der Waals surface area contributed by atoms with Gasteiger partial charge >= 0.3 is 17.1 Å². The fourth-order valence-electron chi connectivity index (χ4n) is 1.08. The van der Waals surface area contributed by atoms with Crippen molar-refractivity contribution >= 4 is 17.3 Å². The molecule has 0 bridgehead atoms. The number of nitro groups is 1. The topological polar surface area (TPSA) is 112 Å². The summed E-state index contributed by atoms with van der Waals surface area (Å²) in [5.41, 5.74) is 11.0. The zero-order chi connectivity index (χ0) is 10.9. The SMILES string of the molecule is Cc1c(N)cc([N+](=O)[O-])cc1C(N)=O.[Fe+2]. The predicted molar refractivity (Wildman–Crippen MR) is 50.8 cm³/mol. The van der Waals surface area contributed by atoms with E-state index in [0.717, 1.165) is 6.07 Å². The summed E-state index contributed by atoms with van der Waals surface area (Å²) in [6.07, 6.45) is 0. The second-order valence-electron chi connectivity index (χ2n) is 2.83. The summed E-state index contributed by atoms with van der Waals surface area (Å²) in [4.78, 5) is 20.7. The molecule has 0 aliphatic rings. The molecule has 0 unspecified atom stereocenters. The first kappa shape index (κ1) is 13.4. The van der Waals surface area contributed by atoms with E-state index in [2.05, 4.69) is 0 Å². The Kier molecular flexibility index (Phi) is 4.26. The van der Waals surface area contributed by atoms with E-state index in [1.165, 1.54) is 6.07 Å². The van der Waals surface area contributed by atoms with Gasteiger partial charge in [0.25, 0.3) is 5.69 Å². The van der Waals surface area contributed by atoms with Gasteiger partial charge in [-0.25, -0.2) is 0 Å². The number of amides is 1. The maximum absolute atomic E-state index is 10.9. The zero-order valence-corrected chi connectivity index (χ0v) is 8.94. The van der Waals surface area contributed by atoms with E-state index in [4.69, 9.17) is 11.5 Å². The van der Waals surface area contributed by atoms with E-state index >= 15 is 0 Å². The van der Waals surface area contributed by atoms with E-state index in [-0.39, 0.29) is 34.0 Å². The minimum Gasteiger partial charge on any atom is -0.398 e. The molecule has 0 aliphatic heterocycles. The second kappa shape index (κ2) is 4.77. The number of hydrogen-bond acceptors (Lipinski definition) is 4. The summed E-state index contributed by atoms with van der Waals surface area (Å²) >= 11 is 0. The molecule has 0 aliphatic carbocycles. The molecule has 15 heavy (non-hydrogen) atoms. The van der Waals surface area contributed by atoms with Gasteiger partial charge in [0, 0.05) is 17.8 Å². The minimum absolute atomic E-state index is 0. The molecule has 0 fully saturated rings. The van der Waals surface area contributed by atoms with Gasteiger partial charge in [-0.2, -0.15) is 0 Å². The first-order chi connectivity index (χ1) is 6.43. The fraction of sp³-hybridized carbons (Fsp3) is 0.125. The number of non-ortho nitro benzene ring substituents is 1. The van der Waals surface area contributed by atoms with E-state index < -0.39 is 10.8 Å². The first-order valence-electron chi connectivity index (χ1n) is 3.77. The number of primary amides is 1. The van der Waals surface area contributed by atoms with Gasteiger partial charge in [-0.05, 0) is 12.5 Å².